The number of esters is 1. The second-order valence-corrected chi connectivity index (χ2v) is 8.38. The predicted octanol–water partition coefficient (Wildman–Crippen LogP) is 2.48. The molecule has 0 spiro atoms. The molecule has 0 aliphatic carbocycles. The van der Waals surface area contributed by atoms with Crippen LogP contribution in [0.3, 0.4) is 0 Å². The van der Waals surface area contributed by atoms with Gasteiger partial charge in [0.25, 0.3) is 0 Å². The molecule has 2 amide bonds. The number of fused-ring (bicyclic) bond motifs is 1. The Hall–Kier alpha value is -3.59. The largest absolute Gasteiger partial charge is 0.497 e. The van der Waals surface area contributed by atoms with Gasteiger partial charge in [0, 0.05) is 12.1 Å². The maximum absolute atomic E-state index is 13.7. The minimum Gasteiger partial charge on any atom is -0.497 e. The topological polar surface area (TPSA) is 103 Å². The van der Waals surface area contributed by atoms with Gasteiger partial charge in [0.2, 0.25) is 11.8 Å². The molecular weight excluding hydrogens is 440 g/mol. The van der Waals surface area contributed by atoms with Crippen LogP contribution in [0.1, 0.15) is 25.5 Å². The number of nitrogens with zero attached hydrogens (tertiary/aromatic N) is 1. The van der Waals surface area contributed by atoms with Crippen molar-refractivity contribution in [2.24, 2.45) is 11.8 Å². The monoisotopic (exact) mass is 468 g/mol. The number of carbonyl (C=O) groups excluding carboxylic acids is 3. The van der Waals surface area contributed by atoms with E-state index < -0.39 is 41.2 Å². The fraction of sp³-hybridized carbons (Fsp3) is 0.400. The fourth-order valence-corrected chi connectivity index (χ4v) is 4.94. The number of hydrogen-bond donors (Lipinski definition) is 1. The summed E-state index contributed by atoms with van der Waals surface area (Å²) in [5.74, 6) is -1.71. The van der Waals surface area contributed by atoms with Crippen LogP contribution in [0.25, 0.3) is 0 Å². The molecule has 180 valence electrons. The van der Waals surface area contributed by atoms with Gasteiger partial charge in [0.05, 0.1) is 45.5 Å². The van der Waals surface area contributed by atoms with Crippen LogP contribution in [0, 0.1) is 11.8 Å². The van der Waals surface area contributed by atoms with Gasteiger partial charge in [0.1, 0.15) is 11.3 Å². The third-order valence-electron chi connectivity index (χ3n) is 6.57. The zero-order chi connectivity index (χ0) is 24.6. The first-order chi connectivity index (χ1) is 16.3. The number of hydrogen-bond acceptors (Lipinski definition) is 8. The quantitative estimate of drug-likeness (QED) is 0.488. The smallest absolute Gasteiger partial charge is 0.326 e. The summed E-state index contributed by atoms with van der Waals surface area (Å²) in [4.78, 5) is 41.7. The number of anilines is 1. The Morgan fingerprint density at radius 1 is 1.00 bits per heavy atom. The number of ether oxygens (including phenoxy) is 4. The Balaban J connectivity index is 1.82. The summed E-state index contributed by atoms with van der Waals surface area (Å²) in [6.45, 7) is 3.46. The van der Waals surface area contributed by atoms with E-state index in [1.165, 1.54) is 21.3 Å². The first kappa shape index (κ1) is 23.6. The minimum absolute atomic E-state index is 0.149. The lowest BCUT2D eigenvalue weighted by Gasteiger charge is -2.29. The molecule has 0 bridgehead atoms. The van der Waals surface area contributed by atoms with E-state index in [1.807, 2.05) is 0 Å². The highest BCUT2D eigenvalue weighted by Crippen LogP contribution is 2.50. The van der Waals surface area contributed by atoms with Crippen LogP contribution in [0.4, 0.5) is 5.69 Å². The van der Waals surface area contributed by atoms with Crippen molar-refractivity contribution in [3.63, 3.8) is 0 Å². The molecule has 2 aliphatic heterocycles. The van der Waals surface area contributed by atoms with Crippen molar-refractivity contribution in [2.45, 2.75) is 25.4 Å². The Labute approximate surface area is 197 Å². The number of benzene rings is 2. The molecule has 4 atom stereocenters. The molecular formula is C25H28N2O7. The highest BCUT2D eigenvalue weighted by atomic mass is 16.5. The Morgan fingerprint density at radius 2 is 1.74 bits per heavy atom. The summed E-state index contributed by atoms with van der Waals surface area (Å²) in [7, 11) is 4.56. The van der Waals surface area contributed by atoms with Gasteiger partial charge in [0.15, 0.2) is 11.5 Å². The standard InChI is InChI=1S/C25H28N2O7/c1-6-34-24(30)25(2)20-19(21(26-25)14-10-11-17(32-4)18(12-14)33-5)22(28)27(23(20)29)15-8-7-9-16(13-15)31-3/h7-13,19-21,26H,6H2,1-5H3/t19-,20-,21+,25+/m0/s1. The van der Waals surface area contributed by atoms with E-state index >= 15 is 0 Å². The number of amides is 2. The van der Waals surface area contributed by atoms with E-state index in [0.717, 1.165) is 4.90 Å². The summed E-state index contributed by atoms with van der Waals surface area (Å²) in [5, 5.41) is 3.25. The molecule has 4 rings (SSSR count). The highest BCUT2D eigenvalue weighted by molar-refractivity contribution is 6.24. The van der Waals surface area contributed by atoms with E-state index in [0.29, 0.717) is 28.5 Å². The summed E-state index contributed by atoms with van der Waals surface area (Å²) < 4.78 is 21.3. The number of carbonyl (C=O) groups is 3. The molecule has 2 heterocycles. The lowest BCUT2D eigenvalue weighted by molar-refractivity contribution is -0.153. The van der Waals surface area contributed by atoms with Crippen LogP contribution < -0.4 is 24.4 Å². The van der Waals surface area contributed by atoms with Gasteiger partial charge in [-0.05, 0) is 43.7 Å². The normalized spacial score (nSPS) is 25.8. The van der Waals surface area contributed by atoms with E-state index in [2.05, 4.69) is 5.32 Å². The highest BCUT2D eigenvalue weighted by Gasteiger charge is 2.67. The first-order valence-electron chi connectivity index (χ1n) is 11.0. The zero-order valence-electron chi connectivity index (χ0n) is 19.8. The van der Waals surface area contributed by atoms with Crippen LogP contribution >= 0.6 is 0 Å². The van der Waals surface area contributed by atoms with Gasteiger partial charge in [-0.15, -0.1) is 0 Å². The van der Waals surface area contributed by atoms with Gasteiger partial charge >= 0.3 is 5.97 Å². The van der Waals surface area contributed by atoms with Crippen LogP contribution in [0.15, 0.2) is 42.5 Å². The van der Waals surface area contributed by atoms with Gasteiger partial charge in [-0.25, -0.2) is 4.90 Å². The maximum atomic E-state index is 13.7. The molecule has 0 aromatic heterocycles. The Kier molecular flexibility index (Phi) is 6.22. The first-order valence-corrected chi connectivity index (χ1v) is 11.0. The van der Waals surface area contributed by atoms with Crippen molar-refractivity contribution in [2.75, 3.05) is 32.8 Å². The zero-order valence-corrected chi connectivity index (χ0v) is 19.8. The number of imide groups is 1. The lowest BCUT2D eigenvalue weighted by Crippen LogP contribution is -2.54. The maximum Gasteiger partial charge on any atom is 0.326 e. The fourth-order valence-electron chi connectivity index (χ4n) is 4.94. The van der Waals surface area contributed by atoms with Gasteiger partial charge in [-0.1, -0.05) is 12.1 Å². The molecule has 0 saturated carbocycles. The second-order valence-electron chi connectivity index (χ2n) is 8.38. The second kappa shape index (κ2) is 8.98. The molecule has 9 heteroatoms. The molecule has 2 aromatic carbocycles. The van der Waals surface area contributed by atoms with E-state index in [-0.39, 0.29) is 6.61 Å². The molecule has 9 nitrogen and oxygen atoms in total. The summed E-state index contributed by atoms with van der Waals surface area (Å²) >= 11 is 0. The summed E-state index contributed by atoms with van der Waals surface area (Å²) in [6.07, 6.45) is 0. The number of rotatable bonds is 7. The van der Waals surface area contributed by atoms with Crippen LogP contribution in [-0.2, 0) is 19.1 Å². The van der Waals surface area contributed by atoms with Crippen LogP contribution in [-0.4, -0.2) is 51.3 Å². The molecule has 34 heavy (non-hydrogen) atoms. The lowest BCUT2D eigenvalue weighted by atomic mass is 9.80. The molecule has 2 aliphatic rings. The average molecular weight is 469 g/mol. The van der Waals surface area contributed by atoms with Crippen molar-refractivity contribution in [3.8, 4) is 17.2 Å². The summed E-state index contributed by atoms with van der Waals surface area (Å²) in [6, 6.07) is 11.4. The Bertz CT molecular complexity index is 1130. The number of methoxy groups -OCH3 is 3. The third-order valence-corrected chi connectivity index (χ3v) is 6.57. The third kappa shape index (κ3) is 3.56. The van der Waals surface area contributed by atoms with Crippen molar-refractivity contribution >= 4 is 23.5 Å². The van der Waals surface area contributed by atoms with Gasteiger partial charge in [-0.2, -0.15) is 0 Å². The predicted molar refractivity (Wildman–Crippen MR) is 123 cm³/mol. The molecule has 0 radical (unpaired) electrons. The number of nitrogens with one attached hydrogen (secondary N) is 1. The minimum atomic E-state index is -1.40. The van der Waals surface area contributed by atoms with Gasteiger partial charge in [-0.3, -0.25) is 19.7 Å². The SMILES string of the molecule is CCOC(=O)[C@]1(C)N[C@H](c2ccc(OC)c(OC)c2)[C@H]2C(=O)N(c3cccc(OC)c3)C(=O)[C@H]21. The molecule has 2 saturated heterocycles. The van der Waals surface area contributed by atoms with Crippen LogP contribution in [0.2, 0.25) is 0 Å². The Morgan fingerprint density at radius 3 is 2.38 bits per heavy atom. The van der Waals surface area contributed by atoms with E-state index in [4.69, 9.17) is 18.9 Å². The van der Waals surface area contributed by atoms with Crippen molar-refractivity contribution in [3.05, 3.63) is 48.0 Å². The van der Waals surface area contributed by atoms with Crippen molar-refractivity contribution in [1.29, 1.82) is 0 Å². The van der Waals surface area contributed by atoms with Gasteiger partial charge < -0.3 is 18.9 Å². The van der Waals surface area contributed by atoms with Crippen molar-refractivity contribution in [1.82, 2.24) is 5.32 Å². The molecule has 1 N–H and O–H groups in total. The molecule has 2 fully saturated rings. The molecule has 0 unspecified atom stereocenters. The molecule has 2 aromatic rings. The summed E-state index contributed by atoms with van der Waals surface area (Å²) in [5.41, 5.74) is -0.325. The van der Waals surface area contributed by atoms with E-state index in [9.17, 15) is 14.4 Å². The van der Waals surface area contributed by atoms with Crippen LogP contribution in [0.5, 0.6) is 17.2 Å². The van der Waals surface area contributed by atoms with E-state index in [1.54, 1.807) is 56.3 Å². The van der Waals surface area contributed by atoms with Crippen molar-refractivity contribution < 1.29 is 33.3 Å². The average Bonchev–Trinajstić information content (AvgIpc) is 3.31.